The van der Waals surface area contributed by atoms with Gasteiger partial charge in [0.2, 0.25) is 0 Å². The average Bonchev–Trinajstić information content (AvgIpc) is 2.81. The van der Waals surface area contributed by atoms with E-state index in [-0.39, 0.29) is 18.1 Å². The third kappa shape index (κ3) is 3.87. The number of aromatic nitrogens is 1. The van der Waals surface area contributed by atoms with Gasteiger partial charge in [0.15, 0.2) is 5.69 Å². The smallest absolute Gasteiger partial charge is 0.274 e. The summed E-state index contributed by atoms with van der Waals surface area (Å²) in [6.07, 6.45) is 0. The second kappa shape index (κ2) is 6.07. The molecule has 1 aromatic carbocycles. The van der Waals surface area contributed by atoms with Gasteiger partial charge in [-0.1, -0.05) is 34.7 Å². The van der Waals surface area contributed by atoms with E-state index in [1.54, 1.807) is 25.1 Å². The fraction of sp³-hybridized carbons (Fsp3) is 0.143. The van der Waals surface area contributed by atoms with Crippen molar-refractivity contribution in [3.05, 3.63) is 52.4 Å². The average molecular weight is 275 g/mol. The molecule has 1 amide bonds. The first-order valence-corrected chi connectivity index (χ1v) is 5.99. The van der Waals surface area contributed by atoms with Crippen LogP contribution in [0, 0.1) is 18.8 Å². The van der Waals surface area contributed by atoms with E-state index in [0.717, 1.165) is 5.56 Å². The number of hydrogen-bond acceptors (Lipinski definition) is 3. The van der Waals surface area contributed by atoms with Gasteiger partial charge in [0, 0.05) is 16.7 Å². The van der Waals surface area contributed by atoms with E-state index < -0.39 is 0 Å². The highest BCUT2D eigenvalue weighted by atomic mass is 35.5. The first-order valence-electron chi connectivity index (χ1n) is 5.61. The van der Waals surface area contributed by atoms with Crippen LogP contribution in [0.5, 0.6) is 0 Å². The molecule has 1 N–H and O–H groups in total. The Morgan fingerprint density at radius 2 is 2.32 bits per heavy atom. The maximum atomic E-state index is 11.6. The Kier molecular flexibility index (Phi) is 4.22. The Bertz CT molecular complexity index is 653. The molecule has 0 fully saturated rings. The summed E-state index contributed by atoms with van der Waals surface area (Å²) < 4.78 is 4.81. The molecule has 0 bridgehead atoms. The molecule has 0 spiro atoms. The molecule has 2 aromatic rings. The van der Waals surface area contributed by atoms with Crippen molar-refractivity contribution in [2.24, 2.45) is 0 Å². The topological polar surface area (TPSA) is 55.1 Å². The molecule has 19 heavy (non-hydrogen) atoms. The van der Waals surface area contributed by atoms with Gasteiger partial charge in [-0.25, -0.2) is 0 Å². The molecule has 0 atom stereocenters. The number of halogens is 1. The second-order valence-electron chi connectivity index (χ2n) is 3.82. The zero-order valence-corrected chi connectivity index (χ0v) is 11.0. The summed E-state index contributed by atoms with van der Waals surface area (Å²) in [5.74, 6) is 6.03. The summed E-state index contributed by atoms with van der Waals surface area (Å²) in [4.78, 5) is 11.6. The number of nitrogens with zero attached hydrogens (tertiary/aromatic N) is 1. The molecule has 5 heteroatoms. The number of aryl methyl sites for hydroxylation is 1. The van der Waals surface area contributed by atoms with Gasteiger partial charge in [0.25, 0.3) is 5.91 Å². The highest BCUT2D eigenvalue weighted by Gasteiger charge is 2.08. The molecule has 1 aromatic heterocycles. The summed E-state index contributed by atoms with van der Waals surface area (Å²) in [5, 5.41) is 6.87. The molecule has 2 rings (SSSR count). The summed E-state index contributed by atoms with van der Waals surface area (Å²) in [6, 6.07) is 8.78. The zero-order chi connectivity index (χ0) is 13.7. The van der Waals surface area contributed by atoms with Crippen LogP contribution >= 0.6 is 11.6 Å². The fourth-order valence-corrected chi connectivity index (χ4v) is 1.59. The lowest BCUT2D eigenvalue weighted by molar-refractivity contribution is 0.0949. The first kappa shape index (κ1) is 13.2. The minimum atomic E-state index is -0.308. The highest BCUT2D eigenvalue weighted by Crippen LogP contribution is 2.09. The lowest BCUT2D eigenvalue weighted by Crippen LogP contribution is -2.23. The van der Waals surface area contributed by atoms with Crippen LogP contribution < -0.4 is 5.32 Å². The van der Waals surface area contributed by atoms with Gasteiger partial charge in [-0.05, 0) is 25.1 Å². The maximum absolute atomic E-state index is 11.6. The van der Waals surface area contributed by atoms with Gasteiger partial charge in [-0.15, -0.1) is 0 Å². The van der Waals surface area contributed by atoms with Gasteiger partial charge >= 0.3 is 0 Å². The molecule has 4 nitrogen and oxygen atoms in total. The largest absolute Gasteiger partial charge is 0.361 e. The van der Waals surface area contributed by atoms with Gasteiger partial charge in [0.05, 0.1) is 6.54 Å². The fourth-order valence-electron chi connectivity index (χ4n) is 1.40. The van der Waals surface area contributed by atoms with Crippen LogP contribution in [0.15, 0.2) is 34.9 Å². The lowest BCUT2D eigenvalue weighted by atomic mass is 10.2. The van der Waals surface area contributed by atoms with Crippen LogP contribution in [0.4, 0.5) is 0 Å². The molecule has 0 saturated carbocycles. The van der Waals surface area contributed by atoms with Crippen molar-refractivity contribution in [1.29, 1.82) is 0 Å². The van der Waals surface area contributed by atoms with Crippen molar-refractivity contribution in [3.63, 3.8) is 0 Å². The summed E-state index contributed by atoms with van der Waals surface area (Å²) in [7, 11) is 0. The van der Waals surface area contributed by atoms with E-state index in [9.17, 15) is 4.79 Å². The molecule has 0 unspecified atom stereocenters. The van der Waals surface area contributed by atoms with Crippen LogP contribution in [-0.2, 0) is 0 Å². The van der Waals surface area contributed by atoms with E-state index in [1.807, 2.05) is 12.1 Å². The number of amides is 1. The predicted molar refractivity (Wildman–Crippen MR) is 71.9 cm³/mol. The molecule has 96 valence electrons. The van der Waals surface area contributed by atoms with Crippen LogP contribution in [0.25, 0.3) is 0 Å². The molecule has 1 heterocycles. The molecule has 0 aliphatic rings. The van der Waals surface area contributed by atoms with Crippen molar-refractivity contribution >= 4 is 17.5 Å². The standard InChI is InChI=1S/C14H11ClN2O2/c1-10-8-13(17-19-10)14(18)16-7-3-5-11-4-2-6-12(15)9-11/h2,4,6,8-9H,7H2,1H3,(H,16,18). The van der Waals surface area contributed by atoms with Crippen LogP contribution in [0.2, 0.25) is 5.02 Å². The molecular weight excluding hydrogens is 264 g/mol. The lowest BCUT2D eigenvalue weighted by Gasteiger charge is -1.95. The van der Waals surface area contributed by atoms with Crippen molar-refractivity contribution < 1.29 is 9.32 Å². The first-order chi connectivity index (χ1) is 9.15. The number of rotatable bonds is 2. The van der Waals surface area contributed by atoms with Crippen LogP contribution in [-0.4, -0.2) is 17.6 Å². The number of hydrogen-bond donors (Lipinski definition) is 1. The quantitative estimate of drug-likeness (QED) is 0.856. The van der Waals surface area contributed by atoms with Crippen LogP contribution in [0.3, 0.4) is 0 Å². The predicted octanol–water partition coefficient (Wildman–Crippen LogP) is 2.42. The van der Waals surface area contributed by atoms with Crippen LogP contribution in [0.1, 0.15) is 21.8 Å². The molecule has 0 radical (unpaired) electrons. The molecular formula is C14H11ClN2O2. The SMILES string of the molecule is Cc1cc(C(=O)NCC#Cc2cccc(Cl)c2)no1. The van der Waals surface area contributed by atoms with Crippen molar-refractivity contribution in [2.75, 3.05) is 6.54 Å². The number of carbonyl (C=O) groups excluding carboxylic acids is 1. The van der Waals surface area contributed by atoms with Crippen molar-refractivity contribution in [1.82, 2.24) is 10.5 Å². The normalized spacial score (nSPS) is 9.58. The van der Waals surface area contributed by atoms with Crippen molar-refractivity contribution in [2.45, 2.75) is 6.92 Å². The Morgan fingerprint density at radius 1 is 1.47 bits per heavy atom. The number of benzene rings is 1. The summed E-state index contributed by atoms with van der Waals surface area (Å²) >= 11 is 5.83. The molecule has 0 saturated heterocycles. The van der Waals surface area contributed by atoms with E-state index in [0.29, 0.717) is 10.8 Å². The van der Waals surface area contributed by atoms with Gasteiger partial charge in [-0.2, -0.15) is 0 Å². The van der Waals surface area contributed by atoms with E-state index >= 15 is 0 Å². The van der Waals surface area contributed by atoms with Crippen molar-refractivity contribution in [3.8, 4) is 11.8 Å². The Hall–Kier alpha value is -2.25. The number of nitrogens with one attached hydrogen (secondary N) is 1. The Balaban J connectivity index is 1.89. The third-order valence-corrected chi connectivity index (χ3v) is 2.49. The van der Waals surface area contributed by atoms with Gasteiger partial charge < -0.3 is 9.84 Å². The maximum Gasteiger partial charge on any atom is 0.274 e. The molecule has 0 aliphatic carbocycles. The summed E-state index contributed by atoms with van der Waals surface area (Å²) in [5.41, 5.74) is 1.06. The van der Waals surface area contributed by atoms with E-state index in [4.69, 9.17) is 16.1 Å². The summed E-state index contributed by atoms with van der Waals surface area (Å²) in [6.45, 7) is 1.96. The zero-order valence-electron chi connectivity index (χ0n) is 10.2. The van der Waals surface area contributed by atoms with Gasteiger partial charge in [0.1, 0.15) is 5.76 Å². The highest BCUT2D eigenvalue weighted by molar-refractivity contribution is 6.30. The minimum Gasteiger partial charge on any atom is -0.361 e. The second-order valence-corrected chi connectivity index (χ2v) is 4.25. The Labute approximate surface area is 115 Å². The number of carbonyl (C=O) groups is 1. The van der Waals surface area contributed by atoms with E-state index in [1.165, 1.54) is 0 Å². The van der Waals surface area contributed by atoms with E-state index in [2.05, 4.69) is 22.3 Å². The third-order valence-electron chi connectivity index (χ3n) is 2.26. The molecule has 0 aliphatic heterocycles. The minimum absolute atomic E-state index is 0.233. The Morgan fingerprint density at radius 3 is 3.00 bits per heavy atom. The van der Waals surface area contributed by atoms with Gasteiger partial charge in [-0.3, -0.25) is 4.79 Å². The monoisotopic (exact) mass is 274 g/mol.